The van der Waals surface area contributed by atoms with Crippen molar-refractivity contribution in [3.05, 3.63) is 29.8 Å². The Balaban J connectivity index is 2.09. The second-order valence-corrected chi connectivity index (χ2v) is 4.93. The summed E-state index contributed by atoms with van der Waals surface area (Å²) in [7, 11) is 0. The molecule has 0 atom stereocenters. The largest absolute Gasteiger partial charge is 0.494 e. The number of rotatable bonds is 6. The lowest BCUT2D eigenvalue weighted by molar-refractivity contribution is -0.119. The van der Waals surface area contributed by atoms with Gasteiger partial charge in [0.05, 0.1) is 19.8 Å². The topological polar surface area (TPSA) is 35.5 Å². The van der Waals surface area contributed by atoms with E-state index in [1.165, 1.54) is 5.56 Å². The Bertz CT molecular complexity index is 404. The Hall–Kier alpha value is -1.35. The Morgan fingerprint density at radius 3 is 2.44 bits per heavy atom. The number of Topliss-reactive ketones (excluding diaryl/α,β-unsaturated/α-hetero) is 1. The van der Waals surface area contributed by atoms with Gasteiger partial charge in [-0.1, -0.05) is 12.1 Å². The molecule has 0 aliphatic carbocycles. The molecule has 1 aliphatic rings. The van der Waals surface area contributed by atoms with E-state index in [0.717, 1.165) is 12.2 Å². The molecular weight excluding hydrogens is 228 g/mol. The quantitative estimate of drug-likeness (QED) is 0.776. The van der Waals surface area contributed by atoms with Gasteiger partial charge >= 0.3 is 0 Å². The van der Waals surface area contributed by atoms with Crippen molar-refractivity contribution in [2.45, 2.75) is 32.1 Å². The van der Waals surface area contributed by atoms with Gasteiger partial charge in [-0.3, -0.25) is 0 Å². The van der Waals surface area contributed by atoms with Crippen LogP contribution in [-0.2, 0) is 14.9 Å². The molecule has 0 radical (unpaired) electrons. The van der Waals surface area contributed by atoms with E-state index in [2.05, 4.69) is 12.1 Å². The van der Waals surface area contributed by atoms with Gasteiger partial charge in [0.2, 0.25) is 0 Å². The molecule has 1 aromatic carbocycles. The molecular formula is C15H20O3. The molecule has 1 fully saturated rings. The number of benzene rings is 1. The second-order valence-electron chi connectivity index (χ2n) is 4.93. The molecule has 1 aromatic rings. The molecule has 0 bridgehead atoms. The Kier molecular flexibility index (Phi) is 4.02. The highest BCUT2D eigenvalue weighted by molar-refractivity contribution is 5.75. The van der Waals surface area contributed by atoms with Crippen LogP contribution in [0.3, 0.4) is 0 Å². The van der Waals surface area contributed by atoms with E-state index in [4.69, 9.17) is 9.47 Å². The summed E-state index contributed by atoms with van der Waals surface area (Å²) in [6.45, 7) is 5.73. The van der Waals surface area contributed by atoms with Crippen molar-refractivity contribution in [3.63, 3.8) is 0 Å². The molecule has 0 unspecified atom stereocenters. The van der Waals surface area contributed by atoms with Crippen molar-refractivity contribution >= 4 is 5.78 Å². The van der Waals surface area contributed by atoms with Crippen LogP contribution in [0.1, 0.15) is 32.3 Å². The molecule has 98 valence electrons. The van der Waals surface area contributed by atoms with Crippen molar-refractivity contribution in [2.24, 2.45) is 0 Å². The van der Waals surface area contributed by atoms with Gasteiger partial charge in [-0.25, -0.2) is 0 Å². The fraction of sp³-hybridized carbons (Fsp3) is 0.533. The van der Waals surface area contributed by atoms with Crippen molar-refractivity contribution < 1.29 is 14.3 Å². The predicted octanol–water partition coefficient (Wildman–Crippen LogP) is 2.72. The van der Waals surface area contributed by atoms with E-state index in [0.29, 0.717) is 26.2 Å². The molecule has 0 saturated carbocycles. The summed E-state index contributed by atoms with van der Waals surface area (Å²) in [5.74, 6) is 1.13. The van der Waals surface area contributed by atoms with E-state index >= 15 is 0 Å². The fourth-order valence-electron chi connectivity index (χ4n) is 2.29. The lowest BCUT2D eigenvalue weighted by Gasteiger charge is -2.42. The zero-order chi connectivity index (χ0) is 13.0. The lowest BCUT2D eigenvalue weighted by Crippen LogP contribution is -2.46. The second kappa shape index (κ2) is 5.53. The van der Waals surface area contributed by atoms with Crippen LogP contribution in [0.25, 0.3) is 0 Å². The molecule has 0 N–H and O–H groups in total. The van der Waals surface area contributed by atoms with Crippen LogP contribution in [0.2, 0.25) is 0 Å². The fourth-order valence-corrected chi connectivity index (χ4v) is 2.29. The van der Waals surface area contributed by atoms with Crippen molar-refractivity contribution in [1.82, 2.24) is 0 Å². The minimum atomic E-state index is 0.0381. The molecule has 3 nitrogen and oxygen atoms in total. The minimum absolute atomic E-state index is 0.0381. The SMILES string of the molecule is CCOc1ccc(C2(CCC(C)=O)COC2)cc1. The first kappa shape index (κ1) is 13.1. The lowest BCUT2D eigenvalue weighted by atomic mass is 9.74. The van der Waals surface area contributed by atoms with Crippen LogP contribution >= 0.6 is 0 Å². The van der Waals surface area contributed by atoms with Gasteiger partial charge in [0.15, 0.2) is 0 Å². The Labute approximate surface area is 108 Å². The van der Waals surface area contributed by atoms with E-state index in [1.54, 1.807) is 6.92 Å². The van der Waals surface area contributed by atoms with Crippen LogP contribution in [0.5, 0.6) is 5.75 Å². The molecule has 0 spiro atoms. The number of hydrogen-bond acceptors (Lipinski definition) is 3. The first-order valence-corrected chi connectivity index (χ1v) is 6.47. The van der Waals surface area contributed by atoms with Crippen molar-refractivity contribution in [2.75, 3.05) is 19.8 Å². The smallest absolute Gasteiger partial charge is 0.129 e. The van der Waals surface area contributed by atoms with Gasteiger partial charge in [-0.05, 0) is 38.0 Å². The summed E-state index contributed by atoms with van der Waals surface area (Å²) < 4.78 is 10.8. The molecule has 1 aliphatic heterocycles. The van der Waals surface area contributed by atoms with Gasteiger partial charge in [0, 0.05) is 11.8 Å². The zero-order valence-corrected chi connectivity index (χ0v) is 11.1. The maximum absolute atomic E-state index is 11.1. The van der Waals surface area contributed by atoms with E-state index in [9.17, 15) is 4.79 Å². The summed E-state index contributed by atoms with van der Waals surface area (Å²) in [5, 5.41) is 0. The molecule has 18 heavy (non-hydrogen) atoms. The Morgan fingerprint density at radius 2 is 2.00 bits per heavy atom. The van der Waals surface area contributed by atoms with E-state index < -0.39 is 0 Å². The average Bonchev–Trinajstić information content (AvgIpc) is 2.30. The normalized spacial score (nSPS) is 17.0. The minimum Gasteiger partial charge on any atom is -0.494 e. The van der Waals surface area contributed by atoms with E-state index in [-0.39, 0.29) is 11.2 Å². The first-order valence-electron chi connectivity index (χ1n) is 6.47. The maximum Gasteiger partial charge on any atom is 0.129 e. The molecule has 1 heterocycles. The van der Waals surface area contributed by atoms with E-state index in [1.807, 2.05) is 19.1 Å². The molecule has 1 saturated heterocycles. The molecule has 0 amide bonds. The highest BCUT2D eigenvalue weighted by atomic mass is 16.5. The first-order chi connectivity index (χ1) is 8.66. The number of carbonyl (C=O) groups is 1. The molecule has 3 heteroatoms. The summed E-state index contributed by atoms with van der Waals surface area (Å²) in [6.07, 6.45) is 1.49. The summed E-state index contributed by atoms with van der Waals surface area (Å²) >= 11 is 0. The highest BCUT2D eigenvalue weighted by Gasteiger charge is 2.39. The third-order valence-corrected chi connectivity index (χ3v) is 3.49. The van der Waals surface area contributed by atoms with Crippen molar-refractivity contribution in [1.29, 1.82) is 0 Å². The number of carbonyl (C=O) groups excluding carboxylic acids is 1. The average molecular weight is 248 g/mol. The standard InChI is InChI=1S/C15H20O3/c1-3-18-14-6-4-13(5-7-14)15(10-17-11-15)9-8-12(2)16/h4-7H,3,8-11H2,1-2H3. The summed E-state index contributed by atoms with van der Waals surface area (Å²) in [4.78, 5) is 11.1. The van der Waals surface area contributed by atoms with Crippen molar-refractivity contribution in [3.8, 4) is 5.75 Å². The Morgan fingerprint density at radius 1 is 1.33 bits per heavy atom. The third-order valence-electron chi connectivity index (χ3n) is 3.49. The number of hydrogen-bond donors (Lipinski definition) is 0. The van der Waals surface area contributed by atoms with Gasteiger partial charge in [-0.2, -0.15) is 0 Å². The van der Waals surface area contributed by atoms with Crippen LogP contribution in [0.15, 0.2) is 24.3 Å². The van der Waals surface area contributed by atoms with Gasteiger partial charge in [0.25, 0.3) is 0 Å². The van der Waals surface area contributed by atoms with Gasteiger partial charge < -0.3 is 14.3 Å². The van der Waals surface area contributed by atoms with Crippen LogP contribution in [-0.4, -0.2) is 25.6 Å². The van der Waals surface area contributed by atoms with Crippen LogP contribution < -0.4 is 4.74 Å². The third kappa shape index (κ3) is 2.72. The summed E-state index contributed by atoms with van der Waals surface area (Å²) in [5.41, 5.74) is 1.29. The molecule has 0 aromatic heterocycles. The monoisotopic (exact) mass is 248 g/mol. The number of ketones is 1. The zero-order valence-electron chi connectivity index (χ0n) is 11.1. The highest BCUT2D eigenvalue weighted by Crippen LogP contribution is 2.37. The van der Waals surface area contributed by atoms with Gasteiger partial charge in [-0.15, -0.1) is 0 Å². The number of ether oxygens (including phenoxy) is 2. The summed E-state index contributed by atoms with van der Waals surface area (Å²) in [6, 6.07) is 8.17. The maximum atomic E-state index is 11.1. The van der Waals surface area contributed by atoms with Gasteiger partial charge in [0.1, 0.15) is 11.5 Å². The van der Waals surface area contributed by atoms with Crippen LogP contribution in [0, 0.1) is 0 Å². The van der Waals surface area contributed by atoms with Crippen LogP contribution in [0.4, 0.5) is 0 Å². The predicted molar refractivity (Wildman–Crippen MR) is 70.0 cm³/mol. The molecule has 2 rings (SSSR count).